The van der Waals surface area contributed by atoms with Crippen molar-refractivity contribution in [2.45, 2.75) is 6.54 Å². The predicted molar refractivity (Wildman–Crippen MR) is 93.7 cm³/mol. The number of fused-ring (bicyclic) bond motifs is 1. The van der Waals surface area contributed by atoms with Gasteiger partial charge in [0.05, 0.1) is 12.8 Å². The lowest BCUT2D eigenvalue weighted by Crippen LogP contribution is -2.29. The second-order valence-corrected chi connectivity index (χ2v) is 5.41. The molecule has 0 aliphatic rings. The number of imidazole rings is 1. The molecule has 136 valence electrons. The third-order valence-corrected chi connectivity index (χ3v) is 3.71. The van der Waals surface area contributed by atoms with Gasteiger partial charge in [-0.3, -0.25) is 14.3 Å². The molecule has 0 saturated heterocycles. The molecule has 0 aliphatic heterocycles. The van der Waals surface area contributed by atoms with Gasteiger partial charge in [0.1, 0.15) is 11.5 Å². The summed E-state index contributed by atoms with van der Waals surface area (Å²) in [5.41, 5.74) is 1.97. The van der Waals surface area contributed by atoms with Crippen molar-refractivity contribution >= 4 is 23.3 Å². The van der Waals surface area contributed by atoms with Crippen LogP contribution in [0.4, 0.5) is 5.95 Å². The number of hydrazone groups is 1. The van der Waals surface area contributed by atoms with Crippen LogP contribution in [0.25, 0.3) is 11.2 Å². The second kappa shape index (κ2) is 6.72. The SMILES string of the molecule is Cn1c(=O)[nH]c(=O)c2c1nc(NN=Cc1ccc(O)cc1O)n2CCO. The summed E-state index contributed by atoms with van der Waals surface area (Å²) in [4.78, 5) is 30.2. The molecular weight excluding hydrogens is 344 g/mol. The standard InChI is InChI=1S/C15H16N6O5/c1-20-12-11(13(25)18-15(20)26)21(4-5-22)14(17-12)19-16-7-8-2-3-9(23)6-10(8)24/h2-3,6-7,22-24H,4-5H2,1H3,(H,17,19)(H,18,25,26). The zero-order valence-electron chi connectivity index (χ0n) is 13.7. The first kappa shape index (κ1) is 17.2. The maximum absolute atomic E-state index is 12.1. The van der Waals surface area contributed by atoms with Gasteiger partial charge in [0, 0.05) is 25.2 Å². The Morgan fingerprint density at radius 3 is 2.81 bits per heavy atom. The highest BCUT2D eigenvalue weighted by molar-refractivity contribution is 5.84. The van der Waals surface area contributed by atoms with E-state index in [-0.39, 0.29) is 41.8 Å². The van der Waals surface area contributed by atoms with Crippen LogP contribution in [-0.4, -0.2) is 47.2 Å². The van der Waals surface area contributed by atoms with Crippen LogP contribution in [0.3, 0.4) is 0 Å². The third-order valence-electron chi connectivity index (χ3n) is 3.71. The number of aromatic hydroxyl groups is 2. The summed E-state index contributed by atoms with van der Waals surface area (Å²) in [6, 6.07) is 4.01. The van der Waals surface area contributed by atoms with Gasteiger partial charge in [-0.1, -0.05) is 0 Å². The van der Waals surface area contributed by atoms with E-state index in [0.717, 1.165) is 6.07 Å². The van der Waals surface area contributed by atoms with E-state index >= 15 is 0 Å². The number of phenolic OH excluding ortho intramolecular Hbond substituents is 2. The molecule has 2 heterocycles. The van der Waals surface area contributed by atoms with E-state index in [1.165, 1.54) is 34.5 Å². The Morgan fingerprint density at radius 1 is 1.35 bits per heavy atom. The molecule has 0 radical (unpaired) electrons. The molecule has 11 nitrogen and oxygen atoms in total. The van der Waals surface area contributed by atoms with Gasteiger partial charge in [-0.25, -0.2) is 10.2 Å². The average Bonchev–Trinajstić information content (AvgIpc) is 2.94. The Bertz CT molecular complexity index is 1110. The fraction of sp³-hybridized carbons (Fsp3) is 0.200. The van der Waals surface area contributed by atoms with Crippen LogP contribution in [0.5, 0.6) is 11.5 Å². The zero-order chi connectivity index (χ0) is 18.8. The van der Waals surface area contributed by atoms with Crippen LogP contribution in [0.15, 0.2) is 32.9 Å². The van der Waals surface area contributed by atoms with Gasteiger partial charge in [-0.05, 0) is 12.1 Å². The van der Waals surface area contributed by atoms with E-state index in [1.807, 2.05) is 0 Å². The summed E-state index contributed by atoms with van der Waals surface area (Å²) in [5, 5.41) is 32.2. The number of phenols is 2. The maximum atomic E-state index is 12.1. The molecule has 0 amide bonds. The zero-order valence-corrected chi connectivity index (χ0v) is 13.7. The molecular formula is C15H16N6O5. The van der Waals surface area contributed by atoms with Crippen molar-refractivity contribution in [2.24, 2.45) is 12.1 Å². The first-order chi connectivity index (χ1) is 12.4. The van der Waals surface area contributed by atoms with Crippen molar-refractivity contribution in [1.82, 2.24) is 19.1 Å². The summed E-state index contributed by atoms with van der Waals surface area (Å²) >= 11 is 0. The first-order valence-electron chi connectivity index (χ1n) is 7.54. The van der Waals surface area contributed by atoms with Crippen LogP contribution in [0, 0.1) is 0 Å². The minimum absolute atomic E-state index is 0.0557. The summed E-state index contributed by atoms with van der Waals surface area (Å²) < 4.78 is 2.56. The van der Waals surface area contributed by atoms with E-state index in [1.54, 1.807) is 0 Å². The van der Waals surface area contributed by atoms with Crippen molar-refractivity contribution in [2.75, 3.05) is 12.0 Å². The molecule has 3 rings (SSSR count). The smallest absolute Gasteiger partial charge is 0.329 e. The Hall–Kier alpha value is -3.60. The molecule has 1 aromatic carbocycles. The molecule has 0 aliphatic carbocycles. The second-order valence-electron chi connectivity index (χ2n) is 5.41. The minimum Gasteiger partial charge on any atom is -0.508 e. The average molecular weight is 360 g/mol. The minimum atomic E-state index is -0.628. The number of anilines is 1. The number of aryl methyl sites for hydroxylation is 1. The lowest BCUT2D eigenvalue weighted by Gasteiger charge is -2.05. The molecule has 0 fully saturated rings. The first-order valence-corrected chi connectivity index (χ1v) is 7.54. The summed E-state index contributed by atoms with van der Waals surface area (Å²) in [6.45, 7) is -0.203. The van der Waals surface area contributed by atoms with Crippen molar-refractivity contribution in [3.63, 3.8) is 0 Å². The van der Waals surface area contributed by atoms with E-state index in [4.69, 9.17) is 0 Å². The number of rotatable bonds is 5. The molecule has 5 N–H and O–H groups in total. The Morgan fingerprint density at radius 2 is 2.12 bits per heavy atom. The highest BCUT2D eigenvalue weighted by Gasteiger charge is 2.16. The number of aromatic amines is 1. The highest BCUT2D eigenvalue weighted by Crippen LogP contribution is 2.21. The van der Waals surface area contributed by atoms with Gasteiger partial charge in [0.2, 0.25) is 5.95 Å². The number of hydrogen-bond donors (Lipinski definition) is 5. The lowest BCUT2D eigenvalue weighted by molar-refractivity contribution is 0.278. The number of aliphatic hydroxyl groups excluding tert-OH is 1. The van der Waals surface area contributed by atoms with Crippen LogP contribution in [0.1, 0.15) is 5.56 Å². The molecule has 11 heteroatoms. The number of benzene rings is 1. The number of nitrogens with one attached hydrogen (secondary N) is 2. The van der Waals surface area contributed by atoms with Gasteiger partial charge in [-0.15, -0.1) is 0 Å². The van der Waals surface area contributed by atoms with Crippen molar-refractivity contribution in [1.29, 1.82) is 0 Å². The van der Waals surface area contributed by atoms with Crippen LogP contribution in [0.2, 0.25) is 0 Å². The molecule has 0 atom stereocenters. The normalized spacial score (nSPS) is 11.5. The summed E-state index contributed by atoms with van der Waals surface area (Å²) in [5.74, 6) is -0.119. The topological polar surface area (TPSA) is 158 Å². The maximum Gasteiger partial charge on any atom is 0.329 e. The van der Waals surface area contributed by atoms with Gasteiger partial charge >= 0.3 is 5.69 Å². The molecule has 0 unspecified atom stereocenters. The van der Waals surface area contributed by atoms with E-state index in [0.29, 0.717) is 5.56 Å². The fourth-order valence-electron chi connectivity index (χ4n) is 2.44. The summed E-state index contributed by atoms with van der Waals surface area (Å²) in [7, 11) is 1.46. The lowest BCUT2D eigenvalue weighted by atomic mass is 10.2. The van der Waals surface area contributed by atoms with Gasteiger partial charge in [0.25, 0.3) is 5.56 Å². The van der Waals surface area contributed by atoms with E-state index in [9.17, 15) is 24.9 Å². The number of hydrogen-bond acceptors (Lipinski definition) is 8. The van der Waals surface area contributed by atoms with E-state index < -0.39 is 11.2 Å². The van der Waals surface area contributed by atoms with Crippen molar-refractivity contribution < 1.29 is 15.3 Å². The van der Waals surface area contributed by atoms with Crippen LogP contribution >= 0.6 is 0 Å². The Balaban J connectivity index is 2.02. The number of aliphatic hydroxyl groups is 1. The van der Waals surface area contributed by atoms with Gasteiger partial charge in [-0.2, -0.15) is 10.1 Å². The number of H-pyrrole nitrogens is 1. The van der Waals surface area contributed by atoms with Gasteiger partial charge in [0.15, 0.2) is 11.2 Å². The largest absolute Gasteiger partial charge is 0.508 e. The van der Waals surface area contributed by atoms with Crippen LogP contribution in [-0.2, 0) is 13.6 Å². The van der Waals surface area contributed by atoms with Gasteiger partial charge < -0.3 is 19.9 Å². The molecule has 0 saturated carbocycles. The molecule has 26 heavy (non-hydrogen) atoms. The molecule has 0 bridgehead atoms. The van der Waals surface area contributed by atoms with E-state index in [2.05, 4.69) is 20.5 Å². The third kappa shape index (κ3) is 3.02. The van der Waals surface area contributed by atoms with Crippen LogP contribution < -0.4 is 16.7 Å². The Kier molecular flexibility index (Phi) is 4.45. The number of nitrogens with zero attached hydrogens (tertiary/aromatic N) is 4. The quantitative estimate of drug-likeness (QED) is 0.296. The number of aromatic nitrogens is 4. The Labute approximate surface area is 145 Å². The molecule has 2 aromatic heterocycles. The molecule has 3 aromatic rings. The monoisotopic (exact) mass is 360 g/mol. The fourth-order valence-corrected chi connectivity index (χ4v) is 2.44. The molecule has 0 spiro atoms. The highest BCUT2D eigenvalue weighted by atomic mass is 16.3. The van der Waals surface area contributed by atoms with Crippen molar-refractivity contribution in [3.05, 3.63) is 44.6 Å². The predicted octanol–water partition coefficient (Wildman–Crippen LogP) is -0.727. The summed E-state index contributed by atoms with van der Waals surface area (Å²) in [6.07, 6.45) is 1.29. The van der Waals surface area contributed by atoms with Crippen molar-refractivity contribution in [3.8, 4) is 11.5 Å².